The van der Waals surface area contributed by atoms with Crippen molar-refractivity contribution in [3.8, 4) is 11.5 Å². The lowest BCUT2D eigenvalue weighted by Gasteiger charge is -2.06. The summed E-state index contributed by atoms with van der Waals surface area (Å²) in [5.41, 5.74) is 4.20. The van der Waals surface area contributed by atoms with E-state index in [0.29, 0.717) is 22.4 Å². The Labute approximate surface area is 166 Å². The third-order valence-electron chi connectivity index (χ3n) is 4.12. The normalized spacial score (nSPS) is 10.5. The van der Waals surface area contributed by atoms with E-state index in [-0.39, 0.29) is 17.6 Å². The summed E-state index contributed by atoms with van der Waals surface area (Å²) in [5.74, 6) is 0.0863. The van der Waals surface area contributed by atoms with Gasteiger partial charge in [0.1, 0.15) is 0 Å². The third kappa shape index (κ3) is 4.77. The topological polar surface area (TPSA) is 97.1 Å². The summed E-state index contributed by atoms with van der Waals surface area (Å²) >= 11 is 1.15. The van der Waals surface area contributed by atoms with Gasteiger partial charge in [-0.05, 0) is 55.3 Å². The van der Waals surface area contributed by atoms with Gasteiger partial charge in [0.25, 0.3) is 11.1 Å². The minimum Gasteiger partial charge on any atom is -0.411 e. The number of nitrogens with one attached hydrogen (secondary N) is 2. The molecule has 28 heavy (non-hydrogen) atoms. The van der Waals surface area contributed by atoms with Crippen molar-refractivity contribution in [1.82, 2.24) is 15.5 Å². The van der Waals surface area contributed by atoms with Crippen molar-refractivity contribution in [2.45, 2.75) is 19.1 Å². The Balaban J connectivity index is 1.59. The molecule has 144 valence electrons. The zero-order chi connectivity index (χ0) is 20.1. The van der Waals surface area contributed by atoms with Gasteiger partial charge in [0.2, 0.25) is 11.8 Å². The molecule has 0 unspecified atom stereocenters. The van der Waals surface area contributed by atoms with E-state index >= 15 is 0 Å². The Morgan fingerprint density at radius 2 is 1.89 bits per heavy atom. The zero-order valence-electron chi connectivity index (χ0n) is 15.8. The van der Waals surface area contributed by atoms with Crippen molar-refractivity contribution >= 4 is 29.3 Å². The van der Waals surface area contributed by atoms with Crippen molar-refractivity contribution in [2.75, 3.05) is 18.1 Å². The van der Waals surface area contributed by atoms with Gasteiger partial charge in [0.05, 0.1) is 5.75 Å². The molecular weight excluding hydrogens is 376 g/mol. The standard InChI is InChI=1S/C20H20N4O3S/c1-12-7-8-15(9-13(12)2)19-23-24-20(27-19)28-11-17(25)22-16-6-4-5-14(10-16)18(26)21-3/h4-10H,11H2,1-3H3,(H,21,26)(H,22,25). The van der Waals surface area contributed by atoms with Crippen LogP contribution in [0.4, 0.5) is 5.69 Å². The summed E-state index contributed by atoms with van der Waals surface area (Å²) < 4.78 is 5.64. The summed E-state index contributed by atoms with van der Waals surface area (Å²) in [6.45, 7) is 4.06. The summed E-state index contributed by atoms with van der Waals surface area (Å²) in [6.07, 6.45) is 0. The molecule has 7 nitrogen and oxygen atoms in total. The molecule has 0 aliphatic heterocycles. The van der Waals surface area contributed by atoms with Crippen LogP contribution in [0.2, 0.25) is 0 Å². The lowest BCUT2D eigenvalue weighted by molar-refractivity contribution is -0.113. The average Bonchev–Trinajstić information content (AvgIpc) is 3.17. The van der Waals surface area contributed by atoms with Crippen LogP contribution in [0.5, 0.6) is 0 Å². The minimum atomic E-state index is -0.231. The number of nitrogens with zero attached hydrogens (tertiary/aromatic N) is 2. The number of anilines is 1. The largest absolute Gasteiger partial charge is 0.411 e. The van der Waals surface area contributed by atoms with Gasteiger partial charge in [-0.15, -0.1) is 10.2 Å². The first-order chi connectivity index (χ1) is 13.5. The van der Waals surface area contributed by atoms with Gasteiger partial charge in [0.15, 0.2) is 0 Å². The molecular formula is C20H20N4O3S. The van der Waals surface area contributed by atoms with Crippen LogP contribution in [0.3, 0.4) is 0 Å². The lowest BCUT2D eigenvalue weighted by atomic mass is 10.1. The van der Waals surface area contributed by atoms with Gasteiger partial charge in [-0.25, -0.2) is 0 Å². The molecule has 0 saturated carbocycles. The Kier molecular flexibility index (Phi) is 6.10. The lowest BCUT2D eigenvalue weighted by Crippen LogP contribution is -2.18. The van der Waals surface area contributed by atoms with E-state index < -0.39 is 0 Å². The predicted octanol–water partition coefficient (Wildman–Crippen LogP) is 3.44. The maximum Gasteiger partial charge on any atom is 0.277 e. The predicted molar refractivity (Wildman–Crippen MR) is 108 cm³/mol. The van der Waals surface area contributed by atoms with Crippen LogP contribution in [0.1, 0.15) is 21.5 Å². The summed E-state index contributed by atoms with van der Waals surface area (Å²) in [6, 6.07) is 12.6. The zero-order valence-corrected chi connectivity index (χ0v) is 16.6. The summed E-state index contributed by atoms with van der Waals surface area (Å²) in [5, 5.41) is 13.7. The number of aryl methyl sites for hydroxylation is 2. The SMILES string of the molecule is CNC(=O)c1cccc(NC(=O)CSc2nnc(-c3ccc(C)c(C)c3)o2)c1. The van der Waals surface area contributed by atoms with Crippen molar-refractivity contribution < 1.29 is 14.0 Å². The fourth-order valence-corrected chi connectivity index (χ4v) is 3.03. The van der Waals surface area contributed by atoms with Gasteiger partial charge in [0, 0.05) is 23.9 Å². The molecule has 8 heteroatoms. The monoisotopic (exact) mass is 396 g/mol. The highest BCUT2D eigenvalue weighted by Crippen LogP contribution is 2.25. The molecule has 0 aliphatic rings. The molecule has 1 heterocycles. The fourth-order valence-electron chi connectivity index (χ4n) is 2.47. The number of amides is 2. The van der Waals surface area contributed by atoms with E-state index in [4.69, 9.17) is 4.42 Å². The van der Waals surface area contributed by atoms with Crippen molar-refractivity contribution in [1.29, 1.82) is 0 Å². The first-order valence-electron chi connectivity index (χ1n) is 8.62. The van der Waals surface area contributed by atoms with E-state index in [9.17, 15) is 9.59 Å². The number of carbonyl (C=O) groups excluding carboxylic acids is 2. The van der Waals surface area contributed by atoms with Gasteiger partial charge < -0.3 is 15.1 Å². The number of aromatic nitrogens is 2. The quantitative estimate of drug-likeness (QED) is 0.620. The van der Waals surface area contributed by atoms with Crippen LogP contribution in [0, 0.1) is 13.8 Å². The van der Waals surface area contributed by atoms with Gasteiger partial charge in [-0.1, -0.05) is 23.9 Å². The highest BCUT2D eigenvalue weighted by atomic mass is 32.2. The Hall–Kier alpha value is -3.13. The Bertz CT molecular complexity index is 1020. The molecule has 2 amide bonds. The van der Waals surface area contributed by atoms with E-state index in [2.05, 4.69) is 20.8 Å². The maximum atomic E-state index is 12.2. The molecule has 0 atom stereocenters. The highest BCUT2D eigenvalue weighted by Gasteiger charge is 2.12. The summed E-state index contributed by atoms with van der Waals surface area (Å²) in [4.78, 5) is 23.8. The maximum absolute atomic E-state index is 12.2. The van der Waals surface area contributed by atoms with E-state index in [1.54, 1.807) is 31.3 Å². The smallest absolute Gasteiger partial charge is 0.277 e. The molecule has 0 radical (unpaired) electrons. The second-order valence-electron chi connectivity index (χ2n) is 6.17. The van der Waals surface area contributed by atoms with Crippen molar-refractivity contribution in [3.05, 3.63) is 59.2 Å². The van der Waals surface area contributed by atoms with Crippen LogP contribution >= 0.6 is 11.8 Å². The number of carbonyl (C=O) groups is 2. The molecule has 0 spiro atoms. The molecule has 0 saturated heterocycles. The van der Waals surface area contributed by atoms with Crippen LogP contribution in [0.15, 0.2) is 52.1 Å². The van der Waals surface area contributed by atoms with Crippen molar-refractivity contribution in [2.24, 2.45) is 0 Å². The molecule has 0 bridgehead atoms. The van der Waals surface area contributed by atoms with Gasteiger partial charge in [-0.3, -0.25) is 9.59 Å². The van der Waals surface area contributed by atoms with Crippen molar-refractivity contribution in [3.63, 3.8) is 0 Å². The first kappa shape index (κ1) is 19.6. The number of hydrogen-bond acceptors (Lipinski definition) is 6. The fraction of sp³-hybridized carbons (Fsp3) is 0.200. The summed E-state index contributed by atoms with van der Waals surface area (Å²) in [7, 11) is 1.56. The number of thioether (sulfide) groups is 1. The molecule has 2 aromatic carbocycles. The van der Waals surface area contributed by atoms with E-state index in [0.717, 1.165) is 22.9 Å². The second kappa shape index (κ2) is 8.71. The van der Waals surface area contributed by atoms with Crippen LogP contribution in [-0.2, 0) is 4.79 Å². The minimum absolute atomic E-state index is 0.110. The Morgan fingerprint density at radius 1 is 1.07 bits per heavy atom. The Morgan fingerprint density at radius 3 is 2.64 bits per heavy atom. The number of rotatable bonds is 6. The molecule has 2 N–H and O–H groups in total. The van der Waals surface area contributed by atoms with Crippen LogP contribution in [-0.4, -0.2) is 34.8 Å². The van der Waals surface area contributed by atoms with Crippen LogP contribution in [0.25, 0.3) is 11.5 Å². The molecule has 3 rings (SSSR count). The first-order valence-corrected chi connectivity index (χ1v) is 9.61. The average molecular weight is 396 g/mol. The van der Waals surface area contributed by atoms with Crippen LogP contribution < -0.4 is 10.6 Å². The number of benzene rings is 2. The second-order valence-corrected chi connectivity index (χ2v) is 7.10. The molecule has 0 fully saturated rings. The van der Waals surface area contributed by atoms with E-state index in [1.165, 1.54) is 5.56 Å². The number of hydrogen-bond donors (Lipinski definition) is 2. The van der Waals surface area contributed by atoms with E-state index in [1.807, 2.05) is 32.0 Å². The van der Waals surface area contributed by atoms with Gasteiger partial charge >= 0.3 is 0 Å². The molecule has 1 aromatic heterocycles. The van der Waals surface area contributed by atoms with Gasteiger partial charge in [-0.2, -0.15) is 0 Å². The molecule has 0 aliphatic carbocycles. The third-order valence-corrected chi connectivity index (χ3v) is 4.94. The molecule has 3 aromatic rings. The highest BCUT2D eigenvalue weighted by molar-refractivity contribution is 7.99.